The first-order valence-corrected chi connectivity index (χ1v) is 13.6. The molecule has 0 unspecified atom stereocenters. The zero-order valence-electron chi connectivity index (χ0n) is 23.8. The standard InChI is InChI=1S/C32H41N7/c1-8-14-31(39-15-12-11-13-16-39)26-18-29(35-23(26)5)32-27-19-28(33-20-30(27)36-37-32)24(9-2)17-25(10-3)34-22(4)21-38(6)7/h8-10,14,17-20,34-35H,1,3-4,11-13,15-16,21H2,2,5-7H3,(H,36,37)/b24-9+,25-17+,31-14+. The van der Waals surface area contributed by atoms with Crippen LogP contribution in [-0.2, 0) is 0 Å². The lowest BCUT2D eigenvalue weighted by Gasteiger charge is -2.31. The molecule has 39 heavy (non-hydrogen) atoms. The van der Waals surface area contributed by atoms with Crippen molar-refractivity contribution in [3.8, 4) is 11.4 Å². The molecule has 3 aromatic heterocycles. The number of aromatic amines is 2. The number of likely N-dealkylation sites (N-methyl/N-ethyl adjacent to an activating group) is 1. The number of hydrogen-bond donors (Lipinski definition) is 3. The van der Waals surface area contributed by atoms with Gasteiger partial charge >= 0.3 is 0 Å². The summed E-state index contributed by atoms with van der Waals surface area (Å²) in [5.41, 5.74) is 9.87. The third kappa shape index (κ3) is 6.49. The molecule has 0 amide bonds. The van der Waals surface area contributed by atoms with Crippen molar-refractivity contribution < 1.29 is 0 Å². The molecule has 7 heteroatoms. The van der Waals surface area contributed by atoms with E-state index < -0.39 is 0 Å². The summed E-state index contributed by atoms with van der Waals surface area (Å²) in [7, 11) is 4.03. The minimum Gasteiger partial charge on any atom is -0.371 e. The summed E-state index contributed by atoms with van der Waals surface area (Å²) in [4.78, 5) is 12.9. The minimum atomic E-state index is 0.734. The van der Waals surface area contributed by atoms with Crippen LogP contribution in [0.4, 0.5) is 0 Å². The number of rotatable bonds is 11. The first-order chi connectivity index (χ1) is 18.8. The van der Waals surface area contributed by atoms with Crippen LogP contribution in [0.2, 0.25) is 0 Å². The van der Waals surface area contributed by atoms with Gasteiger partial charge in [0.1, 0.15) is 5.69 Å². The molecule has 4 rings (SSSR count). The molecule has 3 aromatic rings. The molecule has 0 bridgehead atoms. The van der Waals surface area contributed by atoms with Gasteiger partial charge in [-0.15, -0.1) is 0 Å². The average Bonchev–Trinajstić information content (AvgIpc) is 3.52. The lowest BCUT2D eigenvalue weighted by molar-refractivity contribution is 0.326. The van der Waals surface area contributed by atoms with Crippen molar-refractivity contribution in [2.24, 2.45) is 0 Å². The maximum Gasteiger partial charge on any atom is 0.116 e. The van der Waals surface area contributed by atoms with Crippen LogP contribution in [-0.4, -0.2) is 63.7 Å². The van der Waals surface area contributed by atoms with E-state index in [9.17, 15) is 0 Å². The molecule has 0 saturated carbocycles. The minimum absolute atomic E-state index is 0.734. The molecule has 3 N–H and O–H groups in total. The predicted octanol–water partition coefficient (Wildman–Crippen LogP) is 6.41. The summed E-state index contributed by atoms with van der Waals surface area (Å²) in [6, 6.07) is 4.30. The summed E-state index contributed by atoms with van der Waals surface area (Å²) < 4.78 is 0. The third-order valence-corrected chi connectivity index (χ3v) is 6.93. The van der Waals surface area contributed by atoms with Crippen molar-refractivity contribution in [3.63, 3.8) is 0 Å². The third-order valence-electron chi connectivity index (χ3n) is 6.93. The van der Waals surface area contributed by atoms with Crippen molar-refractivity contribution in [2.45, 2.75) is 33.1 Å². The Morgan fingerprint density at radius 3 is 2.62 bits per heavy atom. The molecule has 7 nitrogen and oxygen atoms in total. The Hall–Kier alpha value is -4.10. The number of pyridine rings is 1. The van der Waals surface area contributed by atoms with Gasteiger partial charge in [-0.05, 0) is 83.1 Å². The normalized spacial score (nSPS) is 15.2. The van der Waals surface area contributed by atoms with Gasteiger partial charge in [0.05, 0.1) is 23.1 Å². The van der Waals surface area contributed by atoms with Gasteiger partial charge in [0.2, 0.25) is 0 Å². The number of fused-ring (bicyclic) bond motifs is 1. The second-order valence-electron chi connectivity index (χ2n) is 10.3. The highest BCUT2D eigenvalue weighted by atomic mass is 15.1. The van der Waals surface area contributed by atoms with Crippen molar-refractivity contribution in [1.29, 1.82) is 0 Å². The smallest absolute Gasteiger partial charge is 0.116 e. The molecule has 1 saturated heterocycles. The van der Waals surface area contributed by atoms with Crippen LogP contribution >= 0.6 is 0 Å². The Kier molecular flexibility index (Phi) is 9.04. The Morgan fingerprint density at radius 1 is 1.18 bits per heavy atom. The topological polar surface area (TPSA) is 75.9 Å². The van der Waals surface area contributed by atoms with Crippen LogP contribution in [0.25, 0.3) is 33.6 Å². The zero-order valence-corrected chi connectivity index (χ0v) is 23.8. The number of likely N-dealkylation sites (tertiary alicyclic amines) is 1. The van der Waals surface area contributed by atoms with E-state index in [1.165, 1.54) is 30.5 Å². The van der Waals surface area contributed by atoms with Crippen LogP contribution in [0, 0.1) is 6.92 Å². The van der Waals surface area contributed by atoms with Crippen LogP contribution < -0.4 is 5.32 Å². The van der Waals surface area contributed by atoms with Crippen LogP contribution in [0.15, 0.2) is 79.8 Å². The van der Waals surface area contributed by atoms with Gasteiger partial charge in [-0.25, -0.2) is 0 Å². The highest BCUT2D eigenvalue weighted by molar-refractivity contribution is 5.94. The van der Waals surface area contributed by atoms with E-state index in [2.05, 4.69) is 81.2 Å². The number of piperidine rings is 1. The quantitative estimate of drug-likeness (QED) is 0.253. The van der Waals surface area contributed by atoms with E-state index >= 15 is 0 Å². The Morgan fingerprint density at radius 2 is 1.95 bits per heavy atom. The molecule has 0 spiro atoms. The molecule has 1 aliphatic rings. The van der Waals surface area contributed by atoms with Crippen LogP contribution in [0.3, 0.4) is 0 Å². The van der Waals surface area contributed by atoms with Crippen molar-refractivity contribution in [3.05, 3.63) is 96.8 Å². The Balaban J connectivity index is 1.68. The largest absolute Gasteiger partial charge is 0.371 e. The first kappa shape index (κ1) is 27.9. The summed E-state index contributed by atoms with van der Waals surface area (Å²) >= 11 is 0. The summed E-state index contributed by atoms with van der Waals surface area (Å²) in [5.74, 6) is 0. The lowest BCUT2D eigenvalue weighted by Crippen LogP contribution is -2.28. The van der Waals surface area contributed by atoms with Gasteiger partial charge in [0.25, 0.3) is 0 Å². The van der Waals surface area contributed by atoms with Gasteiger partial charge in [-0.1, -0.05) is 31.9 Å². The monoisotopic (exact) mass is 523 g/mol. The van der Waals surface area contributed by atoms with Crippen molar-refractivity contribution >= 4 is 22.2 Å². The second kappa shape index (κ2) is 12.6. The van der Waals surface area contributed by atoms with E-state index in [1.54, 1.807) is 6.08 Å². The average molecular weight is 524 g/mol. The van der Waals surface area contributed by atoms with Crippen LogP contribution in [0.5, 0.6) is 0 Å². The predicted molar refractivity (Wildman–Crippen MR) is 165 cm³/mol. The number of nitrogens with one attached hydrogen (secondary N) is 3. The maximum absolute atomic E-state index is 4.72. The number of allylic oxidation sites excluding steroid dienone is 6. The fourth-order valence-corrected chi connectivity index (χ4v) is 5.09. The van der Waals surface area contributed by atoms with Crippen molar-refractivity contribution in [1.82, 2.24) is 35.3 Å². The molecular weight excluding hydrogens is 482 g/mol. The molecule has 0 aromatic carbocycles. The van der Waals surface area contributed by atoms with Crippen molar-refractivity contribution in [2.75, 3.05) is 33.7 Å². The zero-order chi connectivity index (χ0) is 27.9. The van der Waals surface area contributed by atoms with Crippen LogP contribution in [0.1, 0.15) is 43.1 Å². The van der Waals surface area contributed by atoms with Gasteiger partial charge in [-0.3, -0.25) is 10.1 Å². The number of H-pyrrole nitrogens is 2. The Labute approximate surface area is 232 Å². The number of aromatic nitrogens is 4. The lowest BCUT2D eigenvalue weighted by atomic mass is 10.0. The first-order valence-electron chi connectivity index (χ1n) is 13.6. The highest BCUT2D eigenvalue weighted by Gasteiger charge is 2.20. The molecule has 204 valence electrons. The highest BCUT2D eigenvalue weighted by Crippen LogP contribution is 2.33. The summed E-state index contributed by atoms with van der Waals surface area (Å²) in [6.07, 6.45) is 15.5. The SMILES string of the molecule is C=C/C=C(\c1cc(-c2n[nH]c3cnc(C(/C=C(\C=C)NC(=C)CN(C)C)=C/C)cc23)[nH]c1C)N1CCCCC1. The van der Waals surface area contributed by atoms with Gasteiger partial charge in [-0.2, -0.15) is 5.10 Å². The van der Waals surface area contributed by atoms with E-state index in [4.69, 9.17) is 4.98 Å². The molecule has 0 aliphatic carbocycles. The van der Waals surface area contributed by atoms with E-state index in [0.717, 1.165) is 70.3 Å². The molecule has 1 aliphatic heterocycles. The van der Waals surface area contributed by atoms with Gasteiger partial charge < -0.3 is 20.1 Å². The number of nitrogens with zero attached hydrogens (tertiary/aromatic N) is 4. The number of hydrogen-bond acceptors (Lipinski definition) is 5. The fraction of sp³-hybridized carbons (Fsp3) is 0.312. The van der Waals surface area contributed by atoms with Gasteiger partial charge in [0.15, 0.2) is 0 Å². The van der Waals surface area contributed by atoms with E-state index in [0.29, 0.717) is 0 Å². The molecule has 4 heterocycles. The number of aryl methyl sites for hydroxylation is 1. The molecular formula is C32H41N7. The summed E-state index contributed by atoms with van der Waals surface area (Å²) in [5, 5.41) is 12.2. The fourth-order valence-electron chi connectivity index (χ4n) is 5.09. The van der Waals surface area contributed by atoms with Gasteiger partial charge in [0, 0.05) is 53.4 Å². The summed E-state index contributed by atoms with van der Waals surface area (Å²) in [6.45, 7) is 19.1. The molecule has 1 fully saturated rings. The van der Waals surface area contributed by atoms with E-state index in [-0.39, 0.29) is 0 Å². The second-order valence-corrected chi connectivity index (χ2v) is 10.3. The van der Waals surface area contributed by atoms with E-state index in [1.807, 2.05) is 39.4 Å². The Bertz CT molecular complexity index is 1440. The molecule has 0 radical (unpaired) electrons. The maximum atomic E-state index is 4.72. The molecule has 0 atom stereocenters.